The summed E-state index contributed by atoms with van der Waals surface area (Å²) in [5.41, 5.74) is 7.66. The summed E-state index contributed by atoms with van der Waals surface area (Å²) in [7, 11) is 1.72. The van der Waals surface area contributed by atoms with Gasteiger partial charge >= 0.3 is 0 Å². The summed E-state index contributed by atoms with van der Waals surface area (Å²) in [4.78, 5) is 14.1. The highest BCUT2D eigenvalue weighted by molar-refractivity contribution is 6.06. The van der Waals surface area contributed by atoms with E-state index >= 15 is 0 Å². The largest absolute Gasteiger partial charge is 0.486 e. The molecule has 2 aromatic carbocycles. The smallest absolute Gasteiger partial charge is 0.258 e. The third-order valence-electron chi connectivity index (χ3n) is 3.35. The molecule has 0 aromatic heterocycles. The van der Waals surface area contributed by atoms with E-state index in [1.165, 1.54) is 0 Å². The van der Waals surface area contributed by atoms with Gasteiger partial charge in [0.2, 0.25) is 0 Å². The molecule has 2 aromatic rings. The van der Waals surface area contributed by atoms with Gasteiger partial charge in [0.1, 0.15) is 13.2 Å². The Hall–Kier alpha value is -2.69. The highest BCUT2D eigenvalue weighted by Crippen LogP contribution is 2.31. The molecule has 0 radical (unpaired) electrons. The van der Waals surface area contributed by atoms with Crippen LogP contribution in [-0.4, -0.2) is 26.2 Å². The molecule has 5 heteroatoms. The van der Waals surface area contributed by atoms with Gasteiger partial charge in [-0.1, -0.05) is 6.07 Å². The highest BCUT2D eigenvalue weighted by Gasteiger charge is 2.18. The minimum absolute atomic E-state index is 0.127. The Balaban J connectivity index is 1.88. The molecule has 2 N–H and O–H groups in total. The standard InChI is InChI=1S/C16H16N2O3/c1-18(13-4-2-3-12(17)10-13)16(19)11-5-6-14-15(9-11)21-8-7-20-14/h2-6,9-10H,7-8,17H2,1H3. The average molecular weight is 284 g/mol. The number of anilines is 2. The average Bonchev–Trinajstić information content (AvgIpc) is 2.53. The summed E-state index contributed by atoms with van der Waals surface area (Å²) >= 11 is 0. The van der Waals surface area contributed by atoms with E-state index in [9.17, 15) is 4.79 Å². The van der Waals surface area contributed by atoms with E-state index in [-0.39, 0.29) is 5.91 Å². The lowest BCUT2D eigenvalue weighted by Crippen LogP contribution is -2.26. The number of carbonyl (C=O) groups excluding carboxylic acids is 1. The minimum Gasteiger partial charge on any atom is -0.486 e. The fourth-order valence-electron chi connectivity index (χ4n) is 2.22. The lowest BCUT2D eigenvalue weighted by Gasteiger charge is -2.21. The van der Waals surface area contributed by atoms with Crippen molar-refractivity contribution in [2.75, 3.05) is 30.9 Å². The number of hydrogen-bond donors (Lipinski definition) is 1. The van der Waals surface area contributed by atoms with Gasteiger partial charge in [-0.2, -0.15) is 0 Å². The molecular weight excluding hydrogens is 268 g/mol. The molecule has 0 unspecified atom stereocenters. The molecule has 3 rings (SSSR count). The lowest BCUT2D eigenvalue weighted by molar-refractivity contribution is 0.0991. The summed E-state index contributed by atoms with van der Waals surface area (Å²) in [5, 5.41) is 0. The van der Waals surface area contributed by atoms with Crippen LogP contribution in [0.3, 0.4) is 0 Å². The Kier molecular flexibility index (Phi) is 3.39. The van der Waals surface area contributed by atoms with Gasteiger partial charge in [0.15, 0.2) is 11.5 Å². The number of nitrogen functional groups attached to an aromatic ring is 1. The van der Waals surface area contributed by atoms with Crippen molar-refractivity contribution in [3.05, 3.63) is 48.0 Å². The van der Waals surface area contributed by atoms with Gasteiger partial charge < -0.3 is 20.1 Å². The fraction of sp³-hybridized carbons (Fsp3) is 0.188. The van der Waals surface area contributed by atoms with E-state index in [1.54, 1.807) is 42.3 Å². The molecule has 1 heterocycles. The molecule has 0 spiro atoms. The Labute approximate surface area is 122 Å². The summed E-state index contributed by atoms with van der Waals surface area (Å²) < 4.78 is 11.0. The molecule has 0 saturated heterocycles. The predicted octanol–water partition coefficient (Wildman–Crippen LogP) is 2.32. The normalized spacial score (nSPS) is 12.8. The zero-order valence-electron chi connectivity index (χ0n) is 11.7. The first kappa shape index (κ1) is 13.3. The van der Waals surface area contributed by atoms with Crippen LogP contribution in [0.1, 0.15) is 10.4 Å². The number of fused-ring (bicyclic) bond motifs is 1. The second-order valence-corrected chi connectivity index (χ2v) is 4.82. The minimum atomic E-state index is -0.127. The first-order chi connectivity index (χ1) is 10.1. The maximum Gasteiger partial charge on any atom is 0.258 e. The molecule has 1 aliphatic rings. The van der Waals surface area contributed by atoms with Gasteiger partial charge in [-0.25, -0.2) is 0 Å². The number of amides is 1. The van der Waals surface area contributed by atoms with E-state index in [0.717, 1.165) is 5.69 Å². The van der Waals surface area contributed by atoms with E-state index in [2.05, 4.69) is 0 Å². The van der Waals surface area contributed by atoms with Crippen molar-refractivity contribution in [3.8, 4) is 11.5 Å². The number of nitrogens with zero attached hydrogens (tertiary/aromatic N) is 1. The molecule has 0 saturated carbocycles. The van der Waals surface area contributed by atoms with Crippen LogP contribution in [0.5, 0.6) is 11.5 Å². The van der Waals surface area contributed by atoms with Crippen LogP contribution < -0.4 is 20.1 Å². The monoisotopic (exact) mass is 284 g/mol. The first-order valence-electron chi connectivity index (χ1n) is 6.68. The highest BCUT2D eigenvalue weighted by atomic mass is 16.6. The van der Waals surface area contributed by atoms with Crippen molar-refractivity contribution in [2.45, 2.75) is 0 Å². The van der Waals surface area contributed by atoms with Gasteiger partial charge in [-0.3, -0.25) is 4.79 Å². The molecule has 1 aliphatic heterocycles. The molecule has 0 aliphatic carbocycles. The van der Waals surface area contributed by atoms with Gasteiger partial charge in [0, 0.05) is 24.0 Å². The van der Waals surface area contributed by atoms with E-state index in [0.29, 0.717) is 36.0 Å². The number of benzene rings is 2. The molecule has 0 bridgehead atoms. The summed E-state index contributed by atoms with van der Waals surface area (Å²) in [5.74, 6) is 1.15. The molecule has 1 amide bonds. The number of carbonyl (C=O) groups is 1. The SMILES string of the molecule is CN(C(=O)c1ccc2c(c1)OCCO2)c1cccc(N)c1. The fourth-order valence-corrected chi connectivity index (χ4v) is 2.22. The molecule has 0 fully saturated rings. The Bertz CT molecular complexity index is 685. The third kappa shape index (κ3) is 2.63. The van der Waals surface area contributed by atoms with Crippen molar-refractivity contribution in [1.29, 1.82) is 0 Å². The van der Waals surface area contributed by atoms with Gasteiger partial charge in [-0.15, -0.1) is 0 Å². The van der Waals surface area contributed by atoms with Crippen LogP contribution in [0.2, 0.25) is 0 Å². The molecule has 21 heavy (non-hydrogen) atoms. The lowest BCUT2D eigenvalue weighted by atomic mass is 10.1. The van der Waals surface area contributed by atoms with E-state index < -0.39 is 0 Å². The zero-order valence-corrected chi connectivity index (χ0v) is 11.7. The Morgan fingerprint density at radius 3 is 2.62 bits per heavy atom. The van der Waals surface area contributed by atoms with Crippen LogP contribution >= 0.6 is 0 Å². The summed E-state index contributed by atoms with van der Waals surface area (Å²) in [6.07, 6.45) is 0. The summed E-state index contributed by atoms with van der Waals surface area (Å²) in [6.45, 7) is 1.03. The van der Waals surface area contributed by atoms with Crippen molar-refractivity contribution in [3.63, 3.8) is 0 Å². The van der Waals surface area contributed by atoms with Crippen LogP contribution in [0.4, 0.5) is 11.4 Å². The Morgan fingerprint density at radius 1 is 1.10 bits per heavy atom. The zero-order chi connectivity index (χ0) is 14.8. The molecule has 108 valence electrons. The van der Waals surface area contributed by atoms with Crippen molar-refractivity contribution < 1.29 is 14.3 Å². The van der Waals surface area contributed by atoms with E-state index in [1.807, 2.05) is 12.1 Å². The maximum absolute atomic E-state index is 12.5. The number of hydrogen-bond acceptors (Lipinski definition) is 4. The van der Waals surface area contributed by atoms with Crippen molar-refractivity contribution in [1.82, 2.24) is 0 Å². The topological polar surface area (TPSA) is 64.8 Å². The van der Waals surface area contributed by atoms with Crippen LogP contribution in [0.15, 0.2) is 42.5 Å². The van der Waals surface area contributed by atoms with Crippen molar-refractivity contribution in [2.24, 2.45) is 0 Å². The number of rotatable bonds is 2. The first-order valence-corrected chi connectivity index (χ1v) is 6.68. The van der Waals surface area contributed by atoms with Gasteiger partial charge in [0.25, 0.3) is 5.91 Å². The van der Waals surface area contributed by atoms with Crippen molar-refractivity contribution >= 4 is 17.3 Å². The predicted molar refractivity (Wildman–Crippen MR) is 81.0 cm³/mol. The number of ether oxygens (including phenoxy) is 2. The van der Waals surface area contributed by atoms with Gasteiger partial charge in [-0.05, 0) is 36.4 Å². The molecule has 0 atom stereocenters. The van der Waals surface area contributed by atoms with Crippen LogP contribution in [0.25, 0.3) is 0 Å². The van der Waals surface area contributed by atoms with Crippen LogP contribution in [0, 0.1) is 0 Å². The van der Waals surface area contributed by atoms with Gasteiger partial charge in [0.05, 0.1) is 0 Å². The Morgan fingerprint density at radius 2 is 1.86 bits per heavy atom. The molecule has 5 nitrogen and oxygen atoms in total. The van der Waals surface area contributed by atoms with E-state index in [4.69, 9.17) is 15.2 Å². The second-order valence-electron chi connectivity index (χ2n) is 4.82. The number of nitrogens with two attached hydrogens (primary N) is 1. The second kappa shape index (κ2) is 5.36. The molecular formula is C16H16N2O3. The van der Waals surface area contributed by atoms with Crippen LogP contribution in [-0.2, 0) is 0 Å². The third-order valence-corrected chi connectivity index (χ3v) is 3.35. The quantitative estimate of drug-likeness (QED) is 0.860. The maximum atomic E-state index is 12.5. The summed E-state index contributed by atoms with van der Waals surface area (Å²) in [6, 6.07) is 12.4.